The molecule has 1 N–H and O–H groups in total. The topological polar surface area (TPSA) is 45.2 Å². The summed E-state index contributed by atoms with van der Waals surface area (Å²) in [6.07, 6.45) is 6.51. The van der Waals surface area contributed by atoms with Crippen molar-refractivity contribution < 1.29 is 4.79 Å². The lowest BCUT2D eigenvalue weighted by molar-refractivity contribution is -0.132. The summed E-state index contributed by atoms with van der Waals surface area (Å²) < 4.78 is 0. The van der Waals surface area contributed by atoms with E-state index in [2.05, 4.69) is 22.1 Å². The monoisotopic (exact) mass is 289 g/mol. The molecule has 0 aliphatic carbocycles. The van der Waals surface area contributed by atoms with Crippen LogP contribution in [0.3, 0.4) is 0 Å². The van der Waals surface area contributed by atoms with Crippen LogP contribution in [0.4, 0.5) is 0 Å². The number of rotatable bonds is 7. The Morgan fingerprint density at radius 3 is 2.86 bits per heavy atom. The van der Waals surface area contributed by atoms with E-state index in [4.69, 9.17) is 0 Å². The molecule has 0 atom stereocenters. The SMILES string of the molecule is CCCN(CC1CCNCC1)C(=O)CCc1ccccn1. The molecule has 1 amide bonds. The fraction of sp³-hybridized carbons (Fsp3) is 0.647. The van der Waals surface area contributed by atoms with Gasteiger partial charge in [-0.3, -0.25) is 9.78 Å². The average Bonchev–Trinajstić information content (AvgIpc) is 2.54. The van der Waals surface area contributed by atoms with E-state index in [1.54, 1.807) is 6.20 Å². The van der Waals surface area contributed by atoms with Crippen molar-refractivity contribution in [1.29, 1.82) is 0 Å². The first-order valence-electron chi connectivity index (χ1n) is 8.18. The molecular formula is C17H27N3O. The lowest BCUT2D eigenvalue weighted by Gasteiger charge is -2.30. The molecule has 0 radical (unpaired) electrons. The molecule has 2 rings (SSSR count). The normalized spacial score (nSPS) is 15.9. The summed E-state index contributed by atoms with van der Waals surface area (Å²) in [5, 5.41) is 3.38. The van der Waals surface area contributed by atoms with Gasteiger partial charge in [0.05, 0.1) is 0 Å². The van der Waals surface area contributed by atoms with Gasteiger partial charge >= 0.3 is 0 Å². The van der Waals surface area contributed by atoms with Crippen LogP contribution in [0, 0.1) is 5.92 Å². The highest BCUT2D eigenvalue weighted by Crippen LogP contribution is 2.15. The highest BCUT2D eigenvalue weighted by atomic mass is 16.2. The van der Waals surface area contributed by atoms with Crippen LogP contribution < -0.4 is 5.32 Å². The van der Waals surface area contributed by atoms with Gasteiger partial charge in [0.15, 0.2) is 0 Å². The number of amides is 1. The van der Waals surface area contributed by atoms with E-state index in [1.165, 1.54) is 12.8 Å². The fourth-order valence-corrected chi connectivity index (χ4v) is 2.90. The molecular weight excluding hydrogens is 262 g/mol. The molecule has 1 saturated heterocycles. The maximum atomic E-state index is 12.5. The minimum atomic E-state index is 0.279. The number of hydrogen-bond acceptors (Lipinski definition) is 3. The zero-order valence-corrected chi connectivity index (χ0v) is 13.1. The number of pyridine rings is 1. The second kappa shape index (κ2) is 8.78. The van der Waals surface area contributed by atoms with Crippen LogP contribution in [-0.2, 0) is 11.2 Å². The predicted octanol–water partition coefficient (Wildman–Crippen LogP) is 2.25. The molecule has 2 heterocycles. The van der Waals surface area contributed by atoms with Crippen LogP contribution in [0.1, 0.15) is 38.3 Å². The van der Waals surface area contributed by atoms with Crippen LogP contribution in [0.2, 0.25) is 0 Å². The largest absolute Gasteiger partial charge is 0.342 e. The molecule has 0 saturated carbocycles. The number of carbonyl (C=O) groups is 1. The maximum absolute atomic E-state index is 12.5. The summed E-state index contributed by atoms with van der Waals surface area (Å²) in [7, 11) is 0. The van der Waals surface area contributed by atoms with E-state index in [0.29, 0.717) is 12.3 Å². The van der Waals surface area contributed by atoms with Gasteiger partial charge in [-0.2, -0.15) is 0 Å². The standard InChI is InChI=1S/C17H27N3O/c1-2-13-20(14-15-8-11-18-12-9-15)17(21)7-6-16-5-3-4-10-19-16/h3-5,10,15,18H,2,6-9,11-14H2,1H3. The number of aromatic nitrogens is 1. The van der Waals surface area contributed by atoms with Crippen molar-refractivity contribution >= 4 is 5.91 Å². The Balaban J connectivity index is 1.82. The second-order valence-electron chi connectivity index (χ2n) is 5.85. The minimum absolute atomic E-state index is 0.279. The summed E-state index contributed by atoms with van der Waals surface area (Å²) >= 11 is 0. The Hall–Kier alpha value is -1.42. The van der Waals surface area contributed by atoms with E-state index in [-0.39, 0.29) is 5.91 Å². The third kappa shape index (κ3) is 5.46. The molecule has 4 heteroatoms. The van der Waals surface area contributed by atoms with Gasteiger partial charge in [0.25, 0.3) is 0 Å². The number of piperidine rings is 1. The molecule has 1 fully saturated rings. The average molecular weight is 289 g/mol. The van der Waals surface area contributed by atoms with E-state index >= 15 is 0 Å². The third-order valence-electron chi connectivity index (χ3n) is 4.10. The number of aryl methyl sites for hydroxylation is 1. The number of carbonyl (C=O) groups excluding carboxylic acids is 1. The summed E-state index contributed by atoms with van der Waals surface area (Å²) in [6, 6.07) is 5.88. The molecule has 21 heavy (non-hydrogen) atoms. The Morgan fingerprint density at radius 2 is 2.19 bits per heavy atom. The van der Waals surface area contributed by atoms with Gasteiger partial charge in [-0.25, -0.2) is 0 Å². The highest BCUT2D eigenvalue weighted by Gasteiger charge is 2.20. The van der Waals surface area contributed by atoms with E-state index < -0.39 is 0 Å². The van der Waals surface area contributed by atoms with Crippen molar-refractivity contribution in [3.63, 3.8) is 0 Å². The van der Waals surface area contributed by atoms with Crippen LogP contribution in [0.15, 0.2) is 24.4 Å². The molecule has 1 aromatic rings. The maximum Gasteiger partial charge on any atom is 0.222 e. The Kier molecular flexibility index (Phi) is 6.67. The van der Waals surface area contributed by atoms with Crippen LogP contribution >= 0.6 is 0 Å². The van der Waals surface area contributed by atoms with Crippen molar-refractivity contribution in [2.24, 2.45) is 5.92 Å². The van der Waals surface area contributed by atoms with Gasteiger partial charge in [-0.15, -0.1) is 0 Å². The van der Waals surface area contributed by atoms with Crippen LogP contribution in [0.5, 0.6) is 0 Å². The Bertz CT molecular complexity index is 415. The van der Waals surface area contributed by atoms with Gasteiger partial charge in [-0.05, 0) is 56.8 Å². The van der Waals surface area contributed by atoms with E-state index in [0.717, 1.165) is 44.7 Å². The highest BCUT2D eigenvalue weighted by molar-refractivity contribution is 5.76. The lowest BCUT2D eigenvalue weighted by atomic mass is 9.97. The molecule has 0 spiro atoms. The zero-order chi connectivity index (χ0) is 14.9. The molecule has 0 bridgehead atoms. The molecule has 1 aliphatic heterocycles. The summed E-state index contributed by atoms with van der Waals surface area (Å²) in [6.45, 7) is 6.13. The number of nitrogens with zero attached hydrogens (tertiary/aromatic N) is 2. The second-order valence-corrected chi connectivity index (χ2v) is 5.85. The first kappa shape index (κ1) is 16.0. The lowest BCUT2D eigenvalue weighted by Crippen LogP contribution is -2.39. The predicted molar refractivity (Wildman–Crippen MR) is 85.0 cm³/mol. The number of nitrogens with one attached hydrogen (secondary N) is 1. The first-order valence-corrected chi connectivity index (χ1v) is 8.18. The molecule has 0 unspecified atom stereocenters. The van der Waals surface area contributed by atoms with E-state index in [9.17, 15) is 4.79 Å². The molecule has 4 nitrogen and oxygen atoms in total. The van der Waals surface area contributed by atoms with Crippen molar-refractivity contribution in [2.75, 3.05) is 26.2 Å². The van der Waals surface area contributed by atoms with Crippen LogP contribution in [-0.4, -0.2) is 42.0 Å². The van der Waals surface area contributed by atoms with Crippen LogP contribution in [0.25, 0.3) is 0 Å². The molecule has 0 aromatic carbocycles. The van der Waals surface area contributed by atoms with Crippen molar-refractivity contribution in [3.05, 3.63) is 30.1 Å². The summed E-state index contributed by atoms with van der Waals surface area (Å²) in [5.41, 5.74) is 1.00. The molecule has 116 valence electrons. The number of hydrogen-bond donors (Lipinski definition) is 1. The van der Waals surface area contributed by atoms with E-state index in [1.807, 2.05) is 18.2 Å². The van der Waals surface area contributed by atoms with Gasteiger partial charge in [0, 0.05) is 31.4 Å². The summed E-state index contributed by atoms with van der Waals surface area (Å²) in [5.74, 6) is 0.942. The van der Waals surface area contributed by atoms with Crippen molar-refractivity contribution in [2.45, 2.75) is 39.0 Å². The minimum Gasteiger partial charge on any atom is -0.342 e. The third-order valence-corrected chi connectivity index (χ3v) is 4.10. The van der Waals surface area contributed by atoms with Gasteiger partial charge in [-0.1, -0.05) is 13.0 Å². The Morgan fingerprint density at radius 1 is 1.38 bits per heavy atom. The quantitative estimate of drug-likeness (QED) is 0.837. The Labute approximate surface area is 127 Å². The van der Waals surface area contributed by atoms with Gasteiger partial charge in [0.1, 0.15) is 0 Å². The fourth-order valence-electron chi connectivity index (χ4n) is 2.90. The smallest absolute Gasteiger partial charge is 0.222 e. The summed E-state index contributed by atoms with van der Waals surface area (Å²) in [4.78, 5) is 18.8. The molecule has 1 aliphatic rings. The molecule has 1 aromatic heterocycles. The first-order chi connectivity index (χ1) is 10.3. The zero-order valence-electron chi connectivity index (χ0n) is 13.1. The van der Waals surface area contributed by atoms with Crippen molar-refractivity contribution in [3.8, 4) is 0 Å². The van der Waals surface area contributed by atoms with Crippen molar-refractivity contribution in [1.82, 2.24) is 15.2 Å². The van der Waals surface area contributed by atoms with Gasteiger partial charge < -0.3 is 10.2 Å². The van der Waals surface area contributed by atoms with Gasteiger partial charge in [0.2, 0.25) is 5.91 Å².